The van der Waals surface area contributed by atoms with Gasteiger partial charge in [-0.05, 0) is 24.6 Å². The monoisotopic (exact) mass is 266 g/mol. The fourth-order valence-electron chi connectivity index (χ4n) is 1.65. The van der Waals surface area contributed by atoms with Gasteiger partial charge in [0, 0.05) is 18.0 Å². The van der Waals surface area contributed by atoms with E-state index in [1.165, 1.54) is 12.4 Å². The van der Waals surface area contributed by atoms with Gasteiger partial charge >= 0.3 is 0 Å². The molecule has 0 aliphatic rings. The van der Waals surface area contributed by atoms with Crippen LogP contribution >= 0.6 is 0 Å². The Bertz CT molecular complexity index is 671. The van der Waals surface area contributed by atoms with Crippen molar-refractivity contribution >= 4 is 11.7 Å². The predicted molar refractivity (Wildman–Crippen MR) is 77.1 cm³/mol. The molecule has 1 heterocycles. The van der Waals surface area contributed by atoms with Crippen LogP contribution in [0.5, 0.6) is 0 Å². The van der Waals surface area contributed by atoms with Gasteiger partial charge in [0.15, 0.2) is 5.82 Å². The van der Waals surface area contributed by atoms with E-state index in [1.54, 1.807) is 12.3 Å². The van der Waals surface area contributed by atoms with E-state index in [9.17, 15) is 4.79 Å². The highest BCUT2D eigenvalue weighted by Gasteiger charge is 2.11. The number of hydrogen-bond acceptors (Lipinski definition) is 4. The first-order valence-corrected chi connectivity index (χ1v) is 6.07. The predicted octanol–water partition coefficient (Wildman–Crippen LogP) is 1.35. The number of nitrogens with one attached hydrogen (secondary N) is 1. The highest BCUT2D eigenvalue weighted by molar-refractivity contribution is 6.05. The molecule has 2 rings (SSSR count). The number of rotatable bonds is 2. The van der Waals surface area contributed by atoms with Crippen LogP contribution in [-0.2, 0) is 0 Å². The van der Waals surface area contributed by atoms with Crippen molar-refractivity contribution in [3.63, 3.8) is 0 Å². The molecule has 0 spiro atoms. The van der Waals surface area contributed by atoms with Gasteiger partial charge in [0.2, 0.25) is 0 Å². The van der Waals surface area contributed by atoms with E-state index in [4.69, 9.17) is 5.73 Å². The molecule has 100 valence electrons. The molecule has 5 heteroatoms. The third kappa shape index (κ3) is 3.40. The third-order valence-electron chi connectivity index (χ3n) is 2.55. The largest absolute Gasteiger partial charge is 0.320 e. The van der Waals surface area contributed by atoms with Crippen molar-refractivity contribution in [3.8, 4) is 11.8 Å². The van der Waals surface area contributed by atoms with Gasteiger partial charge in [-0.15, -0.1) is 0 Å². The molecule has 1 aromatic heterocycles. The second-order valence-electron chi connectivity index (χ2n) is 4.10. The lowest BCUT2D eigenvalue weighted by molar-refractivity contribution is 0.102. The molecule has 1 amide bonds. The van der Waals surface area contributed by atoms with Crippen molar-refractivity contribution in [1.82, 2.24) is 9.97 Å². The van der Waals surface area contributed by atoms with Crippen LogP contribution in [0.15, 0.2) is 36.8 Å². The van der Waals surface area contributed by atoms with Crippen molar-refractivity contribution in [1.29, 1.82) is 0 Å². The summed E-state index contributed by atoms with van der Waals surface area (Å²) in [5.74, 6) is 5.80. The molecule has 2 aromatic rings. The first-order chi connectivity index (χ1) is 9.70. The van der Waals surface area contributed by atoms with Gasteiger partial charge in [-0.3, -0.25) is 9.78 Å². The minimum Gasteiger partial charge on any atom is -0.320 e. The Kier molecular flexibility index (Phi) is 4.43. The summed E-state index contributed by atoms with van der Waals surface area (Å²) < 4.78 is 0. The van der Waals surface area contributed by atoms with Crippen molar-refractivity contribution in [2.75, 3.05) is 11.9 Å². The Labute approximate surface area is 117 Å². The highest BCUT2D eigenvalue weighted by atomic mass is 16.1. The molecule has 0 saturated heterocycles. The minimum absolute atomic E-state index is 0.249. The quantitative estimate of drug-likeness (QED) is 0.804. The summed E-state index contributed by atoms with van der Waals surface area (Å²) in [4.78, 5) is 20.1. The molecular weight excluding hydrogens is 252 g/mol. The van der Waals surface area contributed by atoms with E-state index in [1.807, 2.05) is 19.1 Å². The van der Waals surface area contributed by atoms with Crippen LogP contribution in [0.3, 0.4) is 0 Å². The summed E-state index contributed by atoms with van der Waals surface area (Å²) in [7, 11) is 0. The van der Waals surface area contributed by atoms with Crippen LogP contribution in [0.4, 0.5) is 5.82 Å². The number of hydrogen-bond donors (Lipinski definition) is 2. The van der Waals surface area contributed by atoms with Gasteiger partial charge in [0.1, 0.15) is 0 Å². The molecule has 3 N–H and O–H groups in total. The molecule has 0 unspecified atom stereocenters. The average molecular weight is 266 g/mol. The summed E-state index contributed by atoms with van der Waals surface area (Å²) in [5, 5.41) is 2.68. The lowest BCUT2D eigenvalue weighted by atomic mass is 10.0. The zero-order valence-corrected chi connectivity index (χ0v) is 11.1. The van der Waals surface area contributed by atoms with E-state index in [0.717, 1.165) is 5.56 Å². The molecule has 0 fully saturated rings. The zero-order valence-electron chi connectivity index (χ0n) is 11.1. The van der Waals surface area contributed by atoms with Gasteiger partial charge in [0.25, 0.3) is 5.91 Å². The molecule has 0 bridgehead atoms. The number of aryl methyl sites for hydroxylation is 1. The summed E-state index contributed by atoms with van der Waals surface area (Å²) in [6, 6.07) is 5.45. The number of aromatic nitrogens is 2. The van der Waals surface area contributed by atoms with E-state index in [2.05, 4.69) is 27.1 Å². The number of anilines is 1. The average Bonchev–Trinajstić information content (AvgIpc) is 2.46. The molecule has 0 aliphatic carbocycles. The normalized spacial score (nSPS) is 9.50. The number of carbonyl (C=O) groups is 1. The maximum absolute atomic E-state index is 12.2. The number of amides is 1. The lowest BCUT2D eigenvalue weighted by Gasteiger charge is -2.06. The zero-order chi connectivity index (χ0) is 14.4. The Morgan fingerprint density at radius 1 is 1.40 bits per heavy atom. The smallest absolute Gasteiger partial charge is 0.258 e. The summed E-state index contributed by atoms with van der Waals surface area (Å²) in [6.45, 7) is 2.19. The maximum Gasteiger partial charge on any atom is 0.258 e. The number of nitrogens with zero attached hydrogens (tertiary/aromatic N) is 2. The van der Waals surface area contributed by atoms with Gasteiger partial charge in [0.05, 0.1) is 18.3 Å². The molecule has 0 atom stereocenters. The van der Waals surface area contributed by atoms with Gasteiger partial charge in [-0.25, -0.2) is 4.98 Å². The summed E-state index contributed by atoms with van der Waals surface area (Å²) in [6.07, 6.45) is 4.54. The van der Waals surface area contributed by atoms with Gasteiger partial charge in [-0.2, -0.15) is 0 Å². The first-order valence-electron chi connectivity index (χ1n) is 6.07. The first kappa shape index (κ1) is 13.7. The molecule has 0 saturated carbocycles. The topological polar surface area (TPSA) is 80.9 Å². The Hall–Kier alpha value is -2.71. The minimum atomic E-state index is -0.271. The summed E-state index contributed by atoms with van der Waals surface area (Å²) >= 11 is 0. The number of carbonyl (C=O) groups excluding carboxylic acids is 1. The summed E-state index contributed by atoms with van der Waals surface area (Å²) in [5.41, 5.74) is 7.54. The van der Waals surface area contributed by atoms with Crippen molar-refractivity contribution in [3.05, 3.63) is 53.5 Å². The van der Waals surface area contributed by atoms with Crippen molar-refractivity contribution in [2.45, 2.75) is 6.92 Å². The van der Waals surface area contributed by atoms with Crippen LogP contribution in [0.25, 0.3) is 0 Å². The van der Waals surface area contributed by atoms with Crippen LogP contribution in [-0.4, -0.2) is 22.4 Å². The molecular formula is C15H14N4O. The van der Waals surface area contributed by atoms with Gasteiger partial charge in [-0.1, -0.05) is 17.9 Å². The molecule has 5 nitrogen and oxygen atoms in total. The van der Waals surface area contributed by atoms with Crippen molar-refractivity contribution in [2.24, 2.45) is 5.73 Å². The molecule has 1 aromatic carbocycles. The molecule has 20 heavy (non-hydrogen) atoms. The SMILES string of the molecule is Cc1ccc(C(=O)Nc2cnccn2)c(C#CCN)c1. The molecule has 0 aliphatic heterocycles. The molecule has 0 radical (unpaired) electrons. The van der Waals surface area contributed by atoms with Crippen LogP contribution in [0.2, 0.25) is 0 Å². The Balaban J connectivity index is 2.30. The van der Waals surface area contributed by atoms with E-state index < -0.39 is 0 Å². The third-order valence-corrected chi connectivity index (χ3v) is 2.55. The fraction of sp³-hybridized carbons (Fsp3) is 0.133. The standard InChI is InChI=1S/C15H14N4O/c1-11-4-5-13(12(9-11)3-2-6-16)15(20)19-14-10-17-7-8-18-14/h4-5,7-10H,6,16H2,1H3,(H,18,19,20). The Morgan fingerprint density at radius 2 is 2.25 bits per heavy atom. The maximum atomic E-state index is 12.2. The number of nitrogens with two attached hydrogens (primary N) is 1. The van der Waals surface area contributed by atoms with E-state index in [-0.39, 0.29) is 12.5 Å². The van der Waals surface area contributed by atoms with Gasteiger partial charge < -0.3 is 11.1 Å². The van der Waals surface area contributed by atoms with Crippen LogP contribution in [0.1, 0.15) is 21.5 Å². The number of benzene rings is 1. The fourth-order valence-corrected chi connectivity index (χ4v) is 1.65. The lowest BCUT2D eigenvalue weighted by Crippen LogP contribution is -2.14. The van der Waals surface area contributed by atoms with Crippen LogP contribution < -0.4 is 11.1 Å². The van der Waals surface area contributed by atoms with Crippen molar-refractivity contribution < 1.29 is 4.79 Å². The second kappa shape index (κ2) is 6.45. The van der Waals surface area contributed by atoms with E-state index >= 15 is 0 Å². The van der Waals surface area contributed by atoms with E-state index in [0.29, 0.717) is 16.9 Å². The van der Waals surface area contributed by atoms with Crippen LogP contribution in [0, 0.1) is 18.8 Å². The Morgan fingerprint density at radius 3 is 2.95 bits per heavy atom. The highest BCUT2D eigenvalue weighted by Crippen LogP contribution is 2.12. The second-order valence-corrected chi connectivity index (χ2v) is 4.10.